The first-order chi connectivity index (χ1) is 9.82. The number of hydrogen-bond acceptors (Lipinski definition) is 4. The molecule has 0 fully saturated rings. The van der Waals surface area contributed by atoms with Crippen molar-refractivity contribution in [3.63, 3.8) is 0 Å². The maximum absolute atomic E-state index is 11.7. The first-order valence-corrected chi connectivity index (χ1v) is 8.84. The van der Waals surface area contributed by atoms with E-state index in [1.165, 1.54) is 5.56 Å². The lowest BCUT2D eigenvalue weighted by Gasteiger charge is -2.15. The highest BCUT2D eigenvalue weighted by Gasteiger charge is 2.12. The van der Waals surface area contributed by atoms with Crippen LogP contribution in [0.5, 0.6) is 5.75 Å². The largest absolute Gasteiger partial charge is 0.497 e. The Hall–Kier alpha value is -1.11. The summed E-state index contributed by atoms with van der Waals surface area (Å²) in [5.74, 6) is 0.934. The summed E-state index contributed by atoms with van der Waals surface area (Å²) in [5, 5.41) is 3.24. The van der Waals surface area contributed by atoms with Crippen molar-refractivity contribution >= 4 is 10.0 Å². The van der Waals surface area contributed by atoms with Gasteiger partial charge in [0.25, 0.3) is 0 Å². The van der Waals surface area contributed by atoms with E-state index in [2.05, 4.69) is 10.0 Å². The van der Waals surface area contributed by atoms with Crippen LogP contribution >= 0.6 is 0 Å². The Morgan fingerprint density at radius 1 is 1.14 bits per heavy atom. The van der Waals surface area contributed by atoms with E-state index in [4.69, 9.17) is 4.74 Å². The predicted molar refractivity (Wildman–Crippen MR) is 86.2 cm³/mol. The Kier molecular flexibility index (Phi) is 7.14. The number of sulfonamides is 1. The molecule has 1 aromatic rings. The third kappa shape index (κ3) is 7.45. The van der Waals surface area contributed by atoms with Gasteiger partial charge in [0, 0.05) is 18.6 Å². The normalized spacial score (nSPS) is 13.4. The van der Waals surface area contributed by atoms with Gasteiger partial charge in [-0.25, -0.2) is 13.1 Å². The molecule has 21 heavy (non-hydrogen) atoms. The SMILES string of the molecule is COc1ccc(CC(C)NCCS(=O)(=O)NC(C)C)cc1. The fourth-order valence-electron chi connectivity index (χ4n) is 2.05. The van der Waals surface area contributed by atoms with E-state index in [-0.39, 0.29) is 17.8 Å². The zero-order valence-corrected chi connectivity index (χ0v) is 14.0. The quantitative estimate of drug-likeness (QED) is 0.725. The summed E-state index contributed by atoms with van der Waals surface area (Å²) in [7, 11) is -1.54. The number of hydrogen-bond donors (Lipinski definition) is 2. The van der Waals surface area contributed by atoms with Crippen LogP contribution in [0.1, 0.15) is 26.3 Å². The standard InChI is InChI=1S/C15H26N2O3S/c1-12(2)17-21(18,19)10-9-16-13(3)11-14-5-7-15(20-4)8-6-14/h5-8,12-13,16-17H,9-11H2,1-4H3. The van der Waals surface area contributed by atoms with Gasteiger partial charge < -0.3 is 10.1 Å². The predicted octanol–water partition coefficient (Wildman–Crippen LogP) is 1.54. The fourth-order valence-corrected chi connectivity index (χ4v) is 3.27. The van der Waals surface area contributed by atoms with Gasteiger partial charge in [0.05, 0.1) is 12.9 Å². The van der Waals surface area contributed by atoms with E-state index in [0.29, 0.717) is 6.54 Å². The van der Waals surface area contributed by atoms with Crippen LogP contribution in [0, 0.1) is 0 Å². The molecule has 1 rings (SSSR count). The average molecular weight is 314 g/mol. The average Bonchev–Trinajstić information content (AvgIpc) is 2.37. The Morgan fingerprint density at radius 3 is 2.29 bits per heavy atom. The molecule has 0 aromatic heterocycles. The highest BCUT2D eigenvalue weighted by Crippen LogP contribution is 2.12. The van der Waals surface area contributed by atoms with Crippen molar-refractivity contribution < 1.29 is 13.2 Å². The lowest BCUT2D eigenvalue weighted by Crippen LogP contribution is -2.38. The van der Waals surface area contributed by atoms with Crippen molar-refractivity contribution in [3.05, 3.63) is 29.8 Å². The minimum atomic E-state index is -3.19. The smallest absolute Gasteiger partial charge is 0.213 e. The van der Waals surface area contributed by atoms with Gasteiger partial charge in [-0.05, 0) is 44.9 Å². The van der Waals surface area contributed by atoms with Crippen molar-refractivity contribution in [1.29, 1.82) is 0 Å². The second kappa shape index (κ2) is 8.36. The van der Waals surface area contributed by atoms with Crippen molar-refractivity contribution in [2.45, 2.75) is 39.3 Å². The van der Waals surface area contributed by atoms with Crippen LogP contribution in [0.3, 0.4) is 0 Å². The second-order valence-electron chi connectivity index (χ2n) is 5.50. The molecule has 120 valence electrons. The molecule has 1 atom stereocenters. The Morgan fingerprint density at radius 2 is 1.76 bits per heavy atom. The Labute approximate surface area is 128 Å². The van der Waals surface area contributed by atoms with Crippen LogP contribution in [-0.2, 0) is 16.4 Å². The molecular formula is C15H26N2O3S. The van der Waals surface area contributed by atoms with Crippen LogP contribution in [-0.4, -0.2) is 39.9 Å². The summed E-state index contributed by atoms with van der Waals surface area (Å²) in [6.45, 7) is 6.13. The molecule has 0 heterocycles. The molecule has 0 aliphatic rings. The first-order valence-electron chi connectivity index (χ1n) is 7.18. The third-order valence-corrected chi connectivity index (χ3v) is 4.55. The van der Waals surface area contributed by atoms with Crippen LogP contribution in [0.25, 0.3) is 0 Å². The van der Waals surface area contributed by atoms with Crippen LogP contribution in [0.2, 0.25) is 0 Å². The van der Waals surface area contributed by atoms with Crippen LogP contribution < -0.4 is 14.8 Å². The molecule has 6 heteroatoms. The highest BCUT2D eigenvalue weighted by molar-refractivity contribution is 7.89. The molecule has 0 spiro atoms. The van der Waals surface area contributed by atoms with Gasteiger partial charge in [-0.3, -0.25) is 0 Å². The van der Waals surface area contributed by atoms with Crippen molar-refractivity contribution in [3.8, 4) is 5.75 Å². The minimum absolute atomic E-state index is 0.0632. The van der Waals surface area contributed by atoms with Gasteiger partial charge >= 0.3 is 0 Å². The summed E-state index contributed by atoms with van der Waals surface area (Å²) < 4.78 is 31.1. The van der Waals surface area contributed by atoms with E-state index < -0.39 is 10.0 Å². The van der Waals surface area contributed by atoms with Gasteiger partial charge in [0.2, 0.25) is 10.0 Å². The molecule has 0 aliphatic carbocycles. The van der Waals surface area contributed by atoms with Crippen molar-refractivity contribution in [1.82, 2.24) is 10.0 Å². The summed E-state index contributed by atoms with van der Waals surface area (Å²) in [6, 6.07) is 8.06. The molecule has 0 radical (unpaired) electrons. The summed E-state index contributed by atoms with van der Waals surface area (Å²) in [4.78, 5) is 0. The number of nitrogens with one attached hydrogen (secondary N) is 2. The van der Waals surface area contributed by atoms with Crippen LogP contribution in [0.4, 0.5) is 0 Å². The highest BCUT2D eigenvalue weighted by atomic mass is 32.2. The van der Waals surface area contributed by atoms with E-state index in [1.807, 2.05) is 45.0 Å². The van der Waals surface area contributed by atoms with Gasteiger partial charge in [0.15, 0.2) is 0 Å². The van der Waals surface area contributed by atoms with Gasteiger partial charge in [-0.1, -0.05) is 12.1 Å². The molecule has 0 bridgehead atoms. The Bertz CT molecular complexity index is 512. The monoisotopic (exact) mass is 314 g/mol. The van der Waals surface area contributed by atoms with E-state index in [0.717, 1.165) is 12.2 Å². The maximum atomic E-state index is 11.7. The summed E-state index contributed by atoms with van der Waals surface area (Å²) in [5.41, 5.74) is 1.19. The third-order valence-electron chi connectivity index (χ3n) is 2.98. The molecule has 5 nitrogen and oxygen atoms in total. The van der Waals surface area contributed by atoms with E-state index >= 15 is 0 Å². The zero-order valence-electron chi connectivity index (χ0n) is 13.2. The molecule has 1 unspecified atom stereocenters. The summed E-state index contributed by atoms with van der Waals surface area (Å²) in [6.07, 6.45) is 0.849. The van der Waals surface area contributed by atoms with E-state index in [9.17, 15) is 8.42 Å². The van der Waals surface area contributed by atoms with Gasteiger partial charge in [-0.15, -0.1) is 0 Å². The molecule has 2 N–H and O–H groups in total. The molecule has 0 saturated carbocycles. The second-order valence-corrected chi connectivity index (χ2v) is 7.37. The topological polar surface area (TPSA) is 67.4 Å². The minimum Gasteiger partial charge on any atom is -0.497 e. The molecule has 0 amide bonds. The summed E-state index contributed by atoms with van der Waals surface area (Å²) >= 11 is 0. The molecule has 0 aliphatic heterocycles. The van der Waals surface area contributed by atoms with Crippen molar-refractivity contribution in [2.75, 3.05) is 19.4 Å². The number of ether oxygens (including phenoxy) is 1. The molecular weight excluding hydrogens is 288 g/mol. The maximum Gasteiger partial charge on any atom is 0.213 e. The van der Waals surface area contributed by atoms with E-state index in [1.54, 1.807) is 7.11 Å². The fraction of sp³-hybridized carbons (Fsp3) is 0.600. The van der Waals surface area contributed by atoms with Crippen LogP contribution in [0.15, 0.2) is 24.3 Å². The zero-order chi connectivity index (χ0) is 15.9. The number of benzene rings is 1. The van der Waals surface area contributed by atoms with Gasteiger partial charge in [0.1, 0.15) is 5.75 Å². The van der Waals surface area contributed by atoms with Crippen molar-refractivity contribution in [2.24, 2.45) is 0 Å². The molecule has 1 aromatic carbocycles. The Balaban J connectivity index is 2.35. The number of methoxy groups -OCH3 is 1. The lowest BCUT2D eigenvalue weighted by molar-refractivity contribution is 0.414. The lowest BCUT2D eigenvalue weighted by atomic mass is 10.1. The number of rotatable bonds is 9. The first kappa shape index (κ1) is 17.9. The molecule has 0 saturated heterocycles. The van der Waals surface area contributed by atoms with Gasteiger partial charge in [-0.2, -0.15) is 0 Å².